The van der Waals surface area contributed by atoms with E-state index in [0.717, 1.165) is 57.8 Å². The van der Waals surface area contributed by atoms with Gasteiger partial charge in [-0.3, -0.25) is 14.4 Å². The van der Waals surface area contributed by atoms with Gasteiger partial charge in [0.05, 0.1) is 0 Å². The summed E-state index contributed by atoms with van der Waals surface area (Å²) in [6.45, 7) is 6.62. The first-order valence-corrected chi connectivity index (χ1v) is 30.2. The zero-order valence-corrected chi connectivity index (χ0v) is 45.5. The smallest absolute Gasteiger partial charge is 0.306 e. The van der Waals surface area contributed by atoms with Crippen LogP contribution in [0.4, 0.5) is 0 Å². The number of rotatable bonds is 56. The molecule has 396 valence electrons. The number of hydrogen-bond donors (Lipinski definition) is 0. The van der Waals surface area contributed by atoms with Gasteiger partial charge in [-0.1, -0.05) is 290 Å². The molecule has 6 heteroatoms. The van der Waals surface area contributed by atoms with E-state index in [0.29, 0.717) is 19.3 Å². The van der Waals surface area contributed by atoms with Gasteiger partial charge in [0, 0.05) is 19.3 Å². The molecule has 0 bridgehead atoms. The number of carbonyl (C=O) groups is 3. The molecule has 0 aliphatic carbocycles. The predicted molar refractivity (Wildman–Crippen MR) is 289 cm³/mol. The van der Waals surface area contributed by atoms with E-state index in [1.165, 1.54) is 244 Å². The van der Waals surface area contributed by atoms with Gasteiger partial charge in [0.2, 0.25) is 0 Å². The lowest BCUT2D eigenvalue weighted by Crippen LogP contribution is -2.30. The zero-order valence-electron chi connectivity index (χ0n) is 45.5. The van der Waals surface area contributed by atoms with Gasteiger partial charge < -0.3 is 14.2 Å². The number of esters is 3. The van der Waals surface area contributed by atoms with Crippen molar-refractivity contribution in [2.24, 2.45) is 0 Å². The molecule has 0 aliphatic heterocycles. The van der Waals surface area contributed by atoms with Crippen LogP contribution in [0.2, 0.25) is 0 Å². The minimum absolute atomic E-state index is 0.0641. The van der Waals surface area contributed by atoms with E-state index in [4.69, 9.17) is 14.2 Å². The lowest BCUT2D eigenvalue weighted by molar-refractivity contribution is -0.167. The lowest BCUT2D eigenvalue weighted by atomic mass is 10.0. The van der Waals surface area contributed by atoms with Crippen molar-refractivity contribution in [3.8, 4) is 0 Å². The standard InChI is InChI=1S/C61H116O6/c1-4-7-10-13-16-18-20-22-23-24-25-26-27-28-29-30-31-32-33-34-35-36-37-38-39-40-42-43-45-48-51-54-60(63)66-57-58(56-65-59(62)53-50-47-15-12-9-6-3)67-61(64)55-52-49-46-44-41-21-19-17-14-11-8-5-2/h24-25,58H,4-23,26-57H2,1-3H3/b25-24-. The van der Waals surface area contributed by atoms with Crippen molar-refractivity contribution in [3.63, 3.8) is 0 Å². The predicted octanol–water partition coefficient (Wildman–Crippen LogP) is 20.1. The molecule has 0 aromatic rings. The van der Waals surface area contributed by atoms with Crippen molar-refractivity contribution in [2.75, 3.05) is 13.2 Å². The Bertz CT molecular complexity index is 1040. The van der Waals surface area contributed by atoms with Gasteiger partial charge in [0.25, 0.3) is 0 Å². The topological polar surface area (TPSA) is 78.9 Å². The largest absolute Gasteiger partial charge is 0.462 e. The fourth-order valence-electron chi connectivity index (χ4n) is 9.21. The lowest BCUT2D eigenvalue weighted by Gasteiger charge is -2.18. The van der Waals surface area contributed by atoms with E-state index in [1.54, 1.807) is 0 Å². The molecule has 0 radical (unpaired) electrons. The van der Waals surface area contributed by atoms with Crippen molar-refractivity contribution >= 4 is 17.9 Å². The second-order valence-electron chi connectivity index (χ2n) is 20.6. The van der Waals surface area contributed by atoms with Crippen molar-refractivity contribution in [2.45, 2.75) is 348 Å². The normalized spacial score (nSPS) is 12.0. The average Bonchev–Trinajstić information content (AvgIpc) is 3.33. The van der Waals surface area contributed by atoms with Crippen LogP contribution in [0.5, 0.6) is 0 Å². The minimum Gasteiger partial charge on any atom is -0.462 e. The van der Waals surface area contributed by atoms with Crippen molar-refractivity contribution in [1.82, 2.24) is 0 Å². The second kappa shape index (κ2) is 56.7. The van der Waals surface area contributed by atoms with Crippen LogP contribution >= 0.6 is 0 Å². The highest BCUT2D eigenvalue weighted by atomic mass is 16.6. The van der Waals surface area contributed by atoms with Gasteiger partial charge in [-0.15, -0.1) is 0 Å². The Labute approximate surface area is 418 Å². The third-order valence-corrected chi connectivity index (χ3v) is 13.8. The maximum atomic E-state index is 12.7. The summed E-state index contributed by atoms with van der Waals surface area (Å²) >= 11 is 0. The Hall–Kier alpha value is -1.85. The molecule has 0 spiro atoms. The van der Waals surface area contributed by atoms with Crippen molar-refractivity contribution in [1.29, 1.82) is 0 Å². The molecule has 0 saturated heterocycles. The Kier molecular flexibility index (Phi) is 55.2. The summed E-state index contributed by atoms with van der Waals surface area (Å²) < 4.78 is 16.7. The molecule has 1 atom stereocenters. The highest BCUT2D eigenvalue weighted by Crippen LogP contribution is 2.18. The summed E-state index contributed by atoms with van der Waals surface area (Å²) in [5, 5.41) is 0. The Morgan fingerprint density at radius 2 is 0.493 bits per heavy atom. The maximum Gasteiger partial charge on any atom is 0.306 e. The Morgan fingerprint density at radius 1 is 0.284 bits per heavy atom. The van der Waals surface area contributed by atoms with Gasteiger partial charge in [0.15, 0.2) is 6.10 Å². The van der Waals surface area contributed by atoms with Crippen LogP contribution in [0.15, 0.2) is 12.2 Å². The number of carbonyl (C=O) groups excluding carboxylic acids is 3. The molecule has 0 saturated carbocycles. The summed E-state index contributed by atoms with van der Waals surface area (Å²) in [5.41, 5.74) is 0. The van der Waals surface area contributed by atoms with Crippen LogP contribution in [0, 0.1) is 0 Å². The molecule has 0 fully saturated rings. The Balaban J connectivity index is 3.89. The fourth-order valence-corrected chi connectivity index (χ4v) is 9.21. The second-order valence-corrected chi connectivity index (χ2v) is 20.6. The third kappa shape index (κ3) is 55.0. The first kappa shape index (κ1) is 65.1. The van der Waals surface area contributed by atoms with E-state index in [2.05, 4.69) is 32.9 Å². The first-order chi connectivity index (χ1) is 33.0. The highest BCUT2D eigenvalue weighted by molar-refractivity contribution is 5.71. The van der Waals surface area contributed by atoms with E-state index in [-0.39, 0.29) is 31.1 Å². The molecule has 0 aliphatic rings. The fraction of sp³-hybridized carbons (Fsp3) is 0.918. The molecule has 0 amide bonds. The van der Waals surface area contributed by atoms with Gasteiger partial charge in [-0.25, -0.2) is 0 Å². The third-order valence-electron chi connectivity index (χ3n) is 13.8. The molecule has 0 heterocycles. The van der Waals surface area contributed by atoms with Crippen LogP contribution in [-0.4, -0.2) is 37.2 Å². The summed E-state index contributed by atoms with van der Waals surface area (Å²) in [6.07, 6.45) is 65.5. The molecule has 1 unspecified atom stereocenters. The summed E-state index contributed by atoms with van der Waals surface area (Å²) in [6, 6.07) is 0. The van der Waals surface area contributed by atoms with E-state index < -0.39 is 6.10 Å². The van der Waals surface area contributed by atoms with Crippen LogP contribution < -0.4 is 0 Å². The van der Waals surface area contributed by atoms with Gasteiger partial charge >= 0.3 is 17.9 Å². The maximum absolute atomic E-state index is 12.7. The monoisotopic (exact) mass is 945 g/mol. The highest BCUT2D eigenvalue weighted by Gasteiger charge is 2.19. The van der Waals surface area contributed by atoms with Gasteiger partial charge in [-0.05, 0) is 44.9 Å². The minimum atomic E-state index is -0.760. The number of ether oxygens (including phenoxy) is 3. The molecular formula is C61H116O6. The van der Waals surface area contributed by atoms with Crippen LogP contribution in [-0.2, 0) is 28.6 Å². The zero-order chi connectivity index (χ0) is 48.6. The first-order valence-electron chi connectivity index (χ1n) is 30.2. The molecule has 6 nitrogen and oxygen atoms in total. The van der Waals surface area contributed by atoms with Crippen LogP contribution in [0.3, 0.4) is 0 Å². The molecule has 0 N–H and O–H groups in total. The number of hydrogen-bond acceptors (Lipinski definition) is 6. The van der Waals surface area contributed by atoms with Crippen LogP contribution in [0.25, 0.3) is 0 Å². The molecule has 0 aromatic heterocycles. The quantitative estimate of drug-likeness (QED) is 0.0262. The van der Waals surface area contributed by atoms with Gasteiger partial charge in [0.1, 0.15) is 13.2 Å². The van der Waals surface area contributed by atoms with E-state index >= 15 is 0 Å². The van der Waals surface area contributed by atoms with Crippen molar-refractivity contribution < 1.29 is 28.6 Å². The van der Waals surface area contributed by atoms with Crippen LogP contribution in [0.1, 0.15) is 342 Å². The molecule has 67 heavy (non-hydrogen) atoms. The number of allylic oxidation sites excluding steroid dienone is 2. The average molecular weight is 946 g/mol. The molecule has 0 aromatic carbocycles. The SMILES string of the molecule is CCCCCCCCCC/C=C\CCCCCCCCCCCCCCCCCCCCCC(=O)OCC(COC(=O)CCCCCCCC)OC(=O)CCCCCCCCCCCCCC. The van der Waals surface area contributed by atoms with E-state index in [1.807, 2.05) is 0 Å². The van der Waals surface area contributed by atoms with E-state index in [9.17, 15) is 14.4 Å². The van der Waals surface area contributed by atoms with Gasteiger partial charge in [-0.2, -0.15) is 0 Å². The summed E-state index contributed by atoms with van der Waals surface area (Å²) in [4.78, 5) is 37.8. The number of unbranched alkanes of at least 4 members (excludes halogenated alkanes) is 43. The molecule has 0 rings (SSSR count). The summed E-state index contributed by atoms with van der Waals surface area (Å²) in [7, 11) is 0. The summed E-state index contributed by atoms with van der Waals surface area (Å²) in [5.74, 6) is -0.854. The Morgan fingerprint density at radius 3 is 0.746 bits per heavy atom. The van der Waals surface area contributed by atoms with Crippen molar-refractivity contribution in [3.05, 3.63) is 12.2 Å². The molecular weight excluding hydrogens is 829 g/mol.